The number of carbonyl (C=O) groups is 1. The van der Waals surface area contributed by atoms with Gasteiger partial charge in [-0.05, 0) is 30.5 Å². The number of nitrogens with zero attached hydrogens (tertiary/aromatic N) is 1. The van der Waals surface area contributed by atoms with Gasteiger partial charge >= 0.3 is 0 Å². The van der Waals surface area contributed by atoms with Crippen molar-refractivity contribution in [3.05, 3.63) is 34.6 Å². The minimum absolute atomic E-state index is 0.155. The molecule has 5 heteroatoms. The third-order valence-corrected chi connectivity index (χ3v) is 3.62. The summed E-state index contributed by atoms with van der Waals surface area (Å²) in [5, 5.41) is -0.640. The zero-order valence-electron chi connectivity index (χ0n) is 9.13. The Labute approximate surface area is 109 Å². The summed E-state index contributed by atoms with van der Waals surface area (Å²) in [6.45, 7) is 1.47. The molecule has 0 radical (unpaired) electrons. The lowest BCUT2D eigenvalue weighted by Gasteiger charge is -2.19. The Morgan fingerprint density at radius 3 is 2.59 bits per heavy atom. The van der Waals surface area contributed by atoms with Crippen LogP contribution in [0.25, 0.3) is 0 Å². The summed E-state index contributed by atoms with van der Waals surface area (Å²) < 4.78 is 12.9. The lowest BCUT2D eigenvalue weighted by Crippen LogP contribution is -2.30. The molecule has 2 nitrogen and oxygen atoms in total. The van der Waals surface area contributed by atoms with Gasteiger partial charge in [0.25, 0.3) is 0 Å². The predicted molar refractivity (Wildman–Crippen MR) is 65.8 cm³/mol. The highest BCUT2D eigenvalue weighted by Crippen LogP contribution is 2.30. The number of alkyl halides is 1. The molecule has 1 atom stereocenters. The largest absolute Gasteiger partial charge is 0.341 e. The molecule has 0 aliphatic carbocycles. The van der Waals surface area contributed by atoms with E-state index in [-0.39, 0.29) is 10.9 Å². The molecule has 1 heterocycles. The fraction of sp³-hybridized carbons (Fsp3) is 0.417. The van der Waals surface area contributed by atoms with E-state index in [4.69, 9.17) is 23.2 Å². The van der Waals surface area contributed by atoms with Gasteiger partial charge in [-0.15, -0.1) is 11.6 Å². The molecule has 92 valence electrons. The van der Waals surface area contributed by atoms with Crippen molar-refractivity contribution in [3.8, 4) is 0 Å². The monoisotopic (exact) mass is 275 g/mol. The highest BCUT2D eigenvalue weighted by Gasteiger charge is 2.27. The Kier molecular flexibility index (Phi) is 3.89. The summed E-state index contributed by atoms with van der Waals surface area (Å²) in [5.41, 5.74) is 0.464. The van der Waals surface area contributed by atoms with E-state index >= 15 is 0 Å². The molecular formula is C12H12Cl2FNO. The van der Waals surface area contributed by atoms with Crippen molar-refractivity contribution in [1.82, 2.24) is 4.90 Å². The Morgan fingerprint density at radius 2 is 2.00 bits per heavy atom. The molecule has 2 rings (SSSR count). The summed E-state index contributed by atoms with van der Waals surface area (Å²) in [6, 6.07) is 3.89. The van der Waals surface area contributed by atoms with Crippen LogP contribution in [-0.4, -0.2) is 23.9 Å². The molecule has 1 aliphatic rings. The van der Waals surface area contributed by atoms with Crippen LogP contribution >= 0.6 is 23.2 Å². The first-order valence-electron chi connectivity index (χ1n) is 5.47. The lowest BCUT2D eigenvalue weighted by molar-refractivity contribution is -0.129. The van der Waals surface area contributed by atoms with E-state index in [1.165, 1.54) is 18.2 Å². The van der Waals surface area contributed by atoms with Crippen LogP contribution in [0.15, 0.2) is 18.2 Å². The van der Waals surface area contributed by atoms with Crippen molar-refractivity contribution in [1.29, 1.82) is 0 Å². The molecule has 1 aliphatic heterocycles. The first kappa shape index (κ1) is 12.7. The molecule has 1 aromatic carbocycles. The molecule has 1 saturated heterocycles. The minimum Gasteiger partial charge on any atom is -0.341 e. The fourth-order valence-electron chi connectivity index (χ4n) is 1.94. The van der Waals surface area contributed by atoms with E-state index in [2.05, 4.69) is 0 Å². The van der Waals surface area contributed by atoms with Crippen LogP contribution in [0.4, 0.5) is 4.39 Å². The summed E-state index contributed by atoms with van der Waals surface area (Å²) in [4.78, 5) is 13.7. The van der Waals surface area contributed by atoms with Crippen LogP contribution < -0.4 is 0 Å². The van der Waals surface area contributed by atoms with Crippen molar-refractivity contribution in [2.24, 2.45) is 0 Å². The number of benzene rings is 1. The highest BCUT2D eigenvalue weighted by molar-refractivity contribution is 6.35. The maximum absolute atomic E-state index is 12.9. The average molecular weight is 276 g/mol. The third kappa shape index (κ3) is 2.72. The Hall–Kier alpha value is -0.800. The number of carbonyl (C=O) groups excluding carboxylic acids is 1. The van der Waals surface area contributed by atoms with Gasteiger partial charge in [0.1, 0.15) is 11.2 Å². The van der Waals surface area contributed by atoms with Gasteiger partial charge in [-0.1, -0.05) is 17.7 Å². The van der Waals surface area contributed by atoms with Gasteiger partial charge < -0.3 is 4.90 Å². The maximum Gasteiger partial charge on any atom is 0.245 e. The molecule has 0 spiro atoms. The summed E-state index contributed by atoms with van der Waals surface area (Å²) in [6.07, 6.45) is 2.01. The van der Waals surface area contributed by atoms with Gasteiger partial charge in [0.05, 0.1) is 0 Å². The molecule has 1 amide bonds. The molecule has 0 bridgehead atoms. The molecule has 1 unspecified atom stereocenters. The van der Waals surface area contributed by atoms with Crippen molar-refractivity contribution in [2.75, 3.05) is 13.1 Å². The van der Waals surface area contributed by atoms with Crippen LogP contribution in [0.1, 0.15) is 23.8 Å². The molecule has 17 heavy (non-hydrogen) atoms. The summed E-state index contributed by atoms with van der Waals surface area (Å²) >= 11 is 12.0. The molecular weight excluding hydrogens is 264 g/mol. The Balaban J connectivity index is 2.18. The van der Waals surface area contributed by atoms with Crippen LogP contribution in [0.5, 0.6) is 0 Å². The first-order chi connectivity index (χ1) is 8.09. The van der Waals surface area contributed by atoms with Gasteiger partial charge in [0.2, 0.25) is 5.91 Å². The second-order valence-corrected chi connectivity index (χ2v) is 4.90. The number of rotatable bonds is 2. The highest BCUT2D eigenvalue weighted by atomic mass is 35.5. The second kappa shape index (κ2) is 5.23. The zero-order chi connectivity index (χ0) is 12.4. The van der Waals surface area contributed by atoms with E-state index in [9.17, 15) is 9.18 Å². The third-order valence-electron chi connectivity index (χ3n) is 2.87. The van der Waals surface area contributed by atoms with Gasteiger partial charge in [-0.3, -0.25) is 4.79 Å². The normalized spacial score (nSPS) is 17.2. The van der Waals surface area contributed by atoms with E-state index < -0.39 is 11.2 Å². The zero-order valence-corrected chi connectivity index (χ0v) is 10.6. The van der Waals surface area contributed by atoms with Crippen molar-refractivity contribution >= 4 is 29.1 Å². The van der Waals surface area contributed by atoms with E-state index in [0.717, 1.165) is 25.9 Å². The molecule has 1 fully saturated rings. The molecule has 0 aromatic heterocycles. The predicted octanol–water partition coefficient (Wildman–Crippen LogP) is 3.38. The number of hydrogen-bond donors (Lipinski definition) is 0. The van der Waals surface area contributed by atoms with Gasteiger partial charge in [-0.2, -0.15) is 0 Å². The number of halogens is 3. The van der Waals surface area contributed by atoms with Crippen molar-refractivity contribution < 1.29 is 9.18 Å². The molecule has 0 N–H and O–H groups in total. The van der Waals surface area contributed by atoms with Crippen LogP contribution in [0, 0.1) is 5.82 Å². The topological polar surface area (TPSA) is 20.3 Å². The maximum atomic E-state index is 12.9. The average Bonchev–Trinajstić information content (AvgIpc) is 2.80. The molecule has 1 aromatic rings. The van der Waals surface area contributed by atoms with E-state index in [0.29, 0.717) is 5.56 Å². The quantitative estimate of drug-likeness (QED) is 0.758. The van der Waals surface area contributed by atoms with Crippen LogP contribution in [0.3, 0.4) is 0 Å². The van der Waals surface area contributed by atoms with Gasteiger partial charge in [0, 0.05) is 18.1 Å². The molecule has 0 saturated carbocycles. The standard InChI is InChI=1S/C12H12Cl2FNO/c13-10-7-8(15)3-4-9(10)11(14)12(17)16-5-1-2-6-16/h3-4,7,11H,1-2,5-6H2. The number of hydrogen-bond acceptors (Lipinski definition) is 1. The smallest absolute Gasteiger partial charge is 0.245 e. The SMILES string of the molecule is O=C(C(Cl)c1ccc(F)cc1Cl)N1CCCC1. The Bertz CT molecular complexity index is 433. The first-order valence-corrected chi connectivity index (χ1v) is 6.29. The van der Waals surface area contributed by atoms with Crippen molar-refractivity contribution in [2.45, 2.75) is 18.2 Å². The van der Waals surface area contributed by atoms with Crippen LogP contribution in [0.2, 0.25) is 5.02 Å². The van der Waals surface area contributed by atoms with Gasteiger partial charge in [0.15, 0.2) is 0 Å². The number of likely N-dealkylation sites (tertiary alicyclic amines) is 1. The van der Waals surface area contributed by atoms with Gasteiger partial charge in [-0.25, -0.2) is 4.39 Å². The lowest BCUT2D eigenvalue weighted by atomic mass is 10.1. The fourth-order valence-corrected chi connectivity index (χ4v) is 2.60. The van der Waals surface area contributed by atoms with E-state index in [1.54, 1.807) is 4.90 Å². The number of amides is 1. The summed E-state index contributed by atoms with van der Waals surface area (Å²) in [5.74, 6) is -0.589. The summed E-state index contributed by atoms with van der Waals surface area (Å²) in [7, 11) is 0. The minimum atomic E-state index is -0.832. The van der Waals surface area contributed by atoms with E-state index in [1.807, 2.05) is 0 Å². The van der Waals surface area contributed by atoms with Crippen molar-refractivity contribution in [3.63, 3.8) is 0 Å². The second-order valence-electron chi connectivity index (χ2n) is 4.06. The Morgan fingerprint density at radius 1 is 1.35 bits per heavy atom. The van der Waals surface area contributed by atoms with Crippen LogP contribution in [-0.2, 0) is 4.79 Å².